The number of carbonyl (C=O) groups is 5. The lowest BCUT2D eigenvalue weighted by atomic mass is 9.90. The number of hydrogen-bond donors (Lipinski definition) is 4. The van der Waals surface area contributed by atoms with E-state index in [1.165, 1.54) is 10.5 Å². The highest BCUT2D eigenvalue weighted by Gasteiger charge is 2.46. The van der Waals surface area contributed by atoms with Gasteiger partial charge in [-0.05, 0) is 86.2 Å². The maximum atomic E-state index is 13.5. The number of fused-ring (bicyclic) bond motifs is 4. The van der Waals surface area contributed by atoms with Gasteiger partial charge in [0.15, 0.2) is 5.82 Å². The van der Waals surface area contributed by atoms with Gasteiger partial charge in [0, 0.05) is 42.5 Å². The van der Waals surface area contributed by atoms with Crippen LogP contribution in [0.25, 0.3) is 0 Å². The molecule has 1 saturated heterocycles. The van der Waals surface area contributed by atoms with E-state index in [9.17, 15) is 24.0 Å². The maximum Gasteiger partial charge on any atom is 0.264 e. The van der Waals surface area contributed by atoms with Crippen molar-refractivity contribution in [1.29, 1.82) is 0 Å². The second-order valence-electron chi connectivity index (χ2n) is 15.9. The summed E-state index contributed by atoms with van der Waals surface area (Å²) in [5, 5.41) is 21.2. The van der Waals surface area contributed by atoms with E-state index in [1.54, 1.807) is 54.2 Å². The number of piperidine rings is 1. The third-order valence-electron chi connectivity index (χ3n) is 11.7. The van der Waals surface area contributed by atoms with Crippen LogP contribution in [0.3, 0.4) is 0 Å². The first-order valence-corrected chi connectivity index (χ1v) is 22.8. The van der Waals surface area contributed by atoms with Crippen LogP contribution in [0.2, 0.25) is 5.02 Å². The molecular formula is C46H50ClN9O8S. The number of ether oxygens (including phenoxy) is 3. The van der Waals surface area contributed by atoms with Crippen LogP contribution in [0, 0.1) is 12.8 Å². The highest BCUT2D eigenvalue weighted by atomic mass is 35.5. The van der Waals surface area contributed by atoms with Crippen molar-refractivity contribution in [1.82, 2.24) is 30.3 Å². The van der Waals surface area contributed by atoms with Crippen LogP contribution in [0.5, 0.6) is 5.75 Å². The van der Waals surface area contributed by atoms with Crippen LogP contribution in [0.1, 0.15) is 82.5 Å². The molecule has 4 N–H and O–H groups in total. The van der Waals surface area contributed by atoms with E-state index in [0.29, 0.717) is 80.6 Å². The molecule has 0 spiro atoms. The van der Waals surface area contributed by atoms with Crippen LogP contribution in [-0.2, 0) is 23.9 Å². The van der Waals surface area contributed by atoms with Gasteiger partial charge in [-0.15, -0.1) is 22.0 Å². The Morgan fingerprint density at radius 2 is 1.62 bits per heavy atom. The Bertz CT molecular complexity index is 2530. The number of amides is 5. The predicted molar refractivity (Wildman–Crippen MR) is 245 cm³/mol. The van der Waals surface area contributed by atoms with Crippen molar-refractivity contribution in [3.05, 3.63) is 111 Å². The molecule has 4 atom stereocenters. The molecule has 4 aliphatic rings. The molecule has 65 heavy (non-hydrogen) atoms. The molecule has 19 heteroatoms. The Labute approximate surface area is 385 Å². The number of thioether (sulfide) groups is 1. The Kier molecular flexibility index (Phi) is 14.4. The van der Waals surface area contributed by atoms with Crippen molar-refractivity contribution in [3.8, 4) is 5.75 Å². The maximum absolute atomic E-state index is 13.5. The van der Waals surface area contributed by atoms with E-state index in [4.69, 9.17) is 30.8 Å². The molecule has 17 nitrogen and oxygen atoms in total. The van der Waals surface area contributed by atoms with Gasteiger partial charge < -0.3 is 30.2 Å². The smallest absolute Gasteiger partial charge is 0.264 e. The van der Waals surface area contributed by atoms with Gasteiger partial charge in [0.2, 0.25) is 17.7 Å². The van der Waals surface area contributed by atoms with Gasteiger partial charge >= 0.3 is 0 Å². The van der Waals surface area contributed by atoms with Crippen molar-refractivity contribution in [2.45, 2.75) is 57.5 Å². The lowest BCUT2D eigenvalue weighted by molar-refractivity contribution is -0.136. The average molecular weight is 924 g/mol. The van der Waals surface area contributed by atoms with E-state index < -0.39 is 35.7 Å². The summed E-state index contributed by atoms with van der Waals surface area (Å²) in [7, 11) is 0. The van der Waals surface area contributed by atoms with Crippen molar-refractivity contribution >= 4 is 70.0 Å². The van der Waals surface area contributed by atoms with E-state index in [-0.39, 0.29) is 47.6 Å². The molecule has 4 aromatic rings. The Balaban J connectivity index is 0.714. The average Bonchev–Trinajstić information content (AvgIpc) is 3.87. The standard InChI is InChI=1S/C46H50ClN9O8S/c1-26-27(2)65-46-39(26)41(29-7-9-30(47)10-8-29)51-35(42-54-53-28(3)55(42)46)25-38(58)50-31-11-13-32(14-12-31)64-24-23-63-21-18-48-17-20-62-22-19-49-34-6-4-5-33-40(34)45(61)56(44(33)60)36-15-16-37(57)52-43(36)59/h4-14,35-36,39,46,48-49H,15-25H2,1-3H3,(H,50,58)(H,52,57,59)/t35-,36?,39?,46?/m0/s1. The summed E-state index contributed by atoms with van der Waals surface area (Å²) in [5.74, 6) is -0.284. The number of nitrogens with one attached hydrogen (secondary N) is 4. The highest BCUT2D eigenvalue weighted by Crippen LogP contribution is 2.53. The first-order valence-electron chi connectivity index (χ1n) is 21.5. The van der Waals surface area contributed by atoms with Gasteiger partial charge in [-0.2, -0.15) is 0 Å². The third kappa shape index (κ3) is 10.2. The van der Waals surface area contributed by atoms with Crippen LogP contribution < -0.4 is 26.0 Å². The van der Waals surface area contributed by atoms with Gasteiger partial charge in [-0.25, -0.2) is 0 Å². The summed E-state index contributed by atoms with van der Waals surface area (Å²) >= 11 is 8.03. The predicted octanol–water partition coefficient (Wildman–Crippen LogP) is 5.48. The van der Waals surface area contributed by atoms with Crippen molar-refractivity contribution in [2.24, 2.45) is 10.9 Å². The van der Waals surface area contributed by atoms with Gasteiger partial charge in [-0.1, -0.05) is 35.4 Å². The van der Waals surface area contributed by atoms with E-state index in [0.717, 1.165) is 22.0 Å². The lowest BCUT2D eigenvalue weighted by Crippen LogP contribution is -2.54. The topological polar surface area (TPSA) is 207 Å². The molecule has 1 fully saturated rings. The van der Waals surface area contributed by atoms with E-state index in [1.807, 2.05) is 31.2 Å². The number of aryl methyl sites for hydroxylation is 1. The minimum absolute atomic E-state index is 0.00850. The minimum Gasteiger partial charge on any atom is -0.491 e. The normalized spacial score (nSPS) is 20.2. The SMILES string of the molecule is CC1=C(C)C2C(c3ccc(Cl)cc3)=N[C@@H](CC(=O)Nc3ccc(OCCOCCNCCOCCNc4cccc5c4C(=O)N(C4CCC(=O)NC4=O)C5=O)cc3)c3nnc(C)n3C2S1. The third-order valence-corrected chi connectivity index (χ3v) is 13.3. The molecular weight excluding hydrogens is 874 g/mol. The van der Waals surface area contributed by atoms with Gasteiger partial charge in [0.05, 0.1) is 61.0 Å². The van der Waals surface area contributed by atoms with Gasteiger partial charge in [-0.3, -0.25) is 43.7 Å². The number of hydrogen-bond acceptors (Lipinski definition) is 14. The second kappa shape index (κ2) is 20.5. The number of imide groups is 2. The number of carbonyl (C=O) groups excluding carboxylic acids is 5. The summed E-state index contributed by atoms with van der Waals surface area (Å²) in [6.07, 6.45) is 0.241. The molecule has 3 aromatic carbocycles. The highest BCUT2D eigenvalue weighted by molar-refractivity contribution is 8.03. The monoisotopic (exact) mass is 923 g/mol. The second-order valence-corrected chi connectivity index (χ2v) is 17.7. The van der Waals surface area contributed by atoms with Gasteiger partial charge in [0.1, 0.15) is 30.3 Å². The number of aromatic nitrogens is 3. The van der Waals surface area contributed by atoms with E-state index in [2.05, 4.69) is 49.9 Å². The van der Waals surface area contributed by atoms with Crippen molar-refractivity contribution < 1.29 is 38.2 Å². The Hall–Kier alpha value is -5.92. The quantitative estimate of drug-likeness (QED) is 0.0680. The summed E-state index contributed by atoms with van der Waals surface area (Å²) in [6.45, 7) is 9.88. The number of allylic oxidation sites excluding steroid dienone is 2. The molecule has 0 saturated carbocycles. The Morgan fingerprint density at radius 1 is 0.877 bits per heavy atom. The molecule has 5 amide bonds. The molecule has 0 bridgehead atoms. The summed E-state index contributed by atoms with van der Waals surface area (Å²) < 4.78 is 19.4. The summed E-state index contributed by atoms with van der Waals surface area (Å²) in [6, 6.07) is 18.3. The van der Waals surface area contributed by atoms with Crippen LogP contribution in [0.15, 0.2) is 82.2 Å². The Morgan fingerprint density at radius 3 is 2.37 bits per heavy atom. The van der Waals surface area contributed by atoms with Crippen LogP contribution >= 0.6 is 23.4 Å². The first-order chi connectivity index (χ1) is 31.5. The zero-order chi connectivity index (χ0) is 45.6. The summed E-state index contributed by atoms with van der Waals surface area (Å²) in [5.41, 5.74) is 4.65. The zero-order valence-corrected chi connectivity index (χ0v) is 37.8. The van der Waals surface area contributed by atoms with Crippen LogP contribution in [-0.4, -0.2) is 114 Å². The molecule has 1 aromatic heterocycles. The molecule has 5 heterocycles. The molecule has 8 rings (SSSR count). The molecule has 0 aliphatic carbocycles. The number of halogens is 1. The van der Waals surface area contributed by atoms with Crippen LogP contribution in [0.4, 0.5) is 11.4 Å². The van der Waals surface area contributed by atoms with Gasteiger partial charge in [0.25, 0.3) is 11.8 Å². The fourth-order valence-corrected chi connectivity index (χ4v) is 9.98. The first kappa shape index (κ1) is 45.6. The fraction of sp³-hybridized carbons (Fsp3) is 0.391. The number of nitrogens with zero attached hydrogens (tertiary/aromatic N) is 5. The molecule has 3 unspecified atom stereocenters. The summed E-state index contributed by atoms with van der Waals surface area (Å²) in [4.78, 5) is 71.2. The number of aliphatic imine (C=N–C) groups is 1. The number of anilines is 2. The number of rotatable bonds is 19. The minimum atomic E-state index is -1.02. The zero-order valence-electron chi connectivity index (χ0n) is 36.2. The van der Waals surface area contributed by atoms with Crippen molar-refractivity contribution in [2.75, 3.05) is 63.3 Å². The molecule has 4 aliphatic heterocycles. The fourth-order valence-electron chi connectivity index (χ4n) is 8.34. The van der Waals surface area contributed by atoms with E-state index >= 15 is 0 Å². The largest absolute Gasteiger partial charge is 0.491 e. The number of benzene rings is 3. The molecule has 340 valence electrons. The molecule has 0 radical (unpaired) electrons. The van der Waals surface area contributed by atoms with Crippen molar-refractivity contribution in [3.63, 3.8) is 0 Å². The lowest BCUT2D eigenvalue weighted by Gasteiger charge is -2.27.